The number of carboxylic acid groups (broad SMARTS) is 1. The van der Waals surface area contributed by atoms with Crippen LogP contribution in [0.15, 0.2) is 24.3 Å². The molecule has 1 aromatic rings. The molecule has 1 atom stereocenters. The molecule has 1 fully saturated rings. The molecule has 1 heterocycles. The summed E-state index contributed by atoms with van der Waals surface area (Å²) in [5.74, 6) is 0.801. The molecule has 0 radical (unpaired) electrons. The number of halogens is 1. The fourth-order valence-electron chi connectivity index (χ4n) is 2.10. The van der Waals surface area contributed by atoms with Gasteiger partial charge in [-0.25, -0.2) is 9.18 Å². The maximum atomic E-state index is 13.6. The molecule has 0 amide bonds. The van der Waals surface area contributed by atoms with E-state index in [1.807, 2.05) is 24.9 Å². The van der Waals surface area contributed by atoms with Crippen molar-refractivity contribution in [1.29, 1.82) is 0 Å². The number of rotatable bonds is 4. The number of anilines is 1. The van der Waals surface area contributed by atoms with Crippen LogP contribution in [0.1, 0.15) is 12.0 Å². The quantitative estimate of drug-likeness (QED) is 0.862. The molecule has 5 heteroatoms. The zero-order valence-electron chi connectivity index (χ0n) is 10.7. The summed E-state index contributed by atoms with van der Waals surface area (Å²) in [6, 6.07) is 5.05. The van der Waals surface area contributed by atoms with Crippen LogP contribution in [-0.4, -0.2) is 35.7 Å². The van der Waals surface area contributed by atoms with Crippen LogP contribution in [0, 0.1) is 5.82 Å². The summed E-state index contributed by atoms with van der Waals surface area (Å²) in [6.45, 7) is 0. The summed E-state index contributed by atoms with van der Waals surface area (Å²) in [7, 11) is 1.95. The lowest BCUT2D eigenvalue weighted by molar-refractivity contribution is -0.131. The number of thioether (sulfide) groups is 1. The zero-order valence-corrected chi connectivity index (χ0v) is 11.5. The van der Waals surface area contributed by atoms with Gasteiger partial charge in [-0.05, 0) is 42.0 Å². The fourth-order valence-corrected chi connectivity index (χ4v) is 3.37. The molecule has 0 aromatic heterocycles. The molecule has 1 unspecified atom stereocenters. The van der Waals surface area contributed by atoms with E-state index in [0.717, 1.165) is 29.7 Å². The summed E-state index contributed by atoms with van der Waals surface area (Å²) in [6.07, 6.45) is 3.52. The molecule has 102 valence electrons. The van der Waals surface area contributed by atoms with Crippen LogP contribution in [0.5, 0.6) is 0 Å². The number of carboxylic acids is 1. The first-order valence-electron chi connectivity index (χ1n) is 6.08. The molecule has 2 rings (SSSR count). The second-order valence-electron chi connectivity index (χ2n) is 4.54. The van der Waals surface area contributed by atoms with Gasteiger partial charge in [-0.1, -0.05) is 0 Å². The Morgan fingerprint density at radius 3 is 2.95 bits per heavy atom. The third kappa shape index (κ3) is 3.73. The van der Waals surface area contributed by atoms with Crippen LogP contribution in [0.2, 0.25) is 0 Å². The molecule has 19 heavy (non-hydrogen) atoms. The van der Waals surface area contributed by atoms with Crippen LogP contribution in [0.3, 0.4) is 0 Å². The molecule has 1 aliphatic heterocycles. The Bertz CT molecular complexity index is 498. The Balaban J connectivity index is 2.22. The van der Waals surface area contributed by atoms with E-state index in [4.69, 9.17) is 5.11 Å². The van der Waals surface area contributed by atoms with Gasteiger partial charge < -0.3 is 10.0 Å². The molecule has 0 saturated carbocycles. The predicted octanol–water partition coefficient (Wildman–Crippen LogP) is 2.87. The number of benzene rings is 1. The smallest absolute Gasteiger partial charge is 0.328 e. The maximum absolute atomic E-state index is 13.6. The first-order valence-corrected chi connectivity index (χ1v) is 7.24. The van der Waals surface area contributed by atoms with Gasteiger partial charge in [0.25, 0.3) is 0 Å². The summed E-state index contributed by atoms with van der Waals surface area (Å²) in [5, 5.41) is 8.60. The topological polar surface area (TPSA) is 40.5 Å². The molecule has 0 spiro atoms. The first kappa shape index (κ1) is 13.9. The van der Waals surface area contributed by atoms with Gasteiger partial charge in [0.15, 0.2) is 0 Å². The van der Waals surface area contributed by atoms with Gasteiger partial charge in [-0.3, -0.25) is 0 Å². The second-order valence-corrected chi connectivity index (χ2v) is 5.69. The highest BCUT2D eigenvalue weighted by Crippen LogP contribution is 2.27. The van der Waals surface area contributed by atoms with E-state index in [2.05, 4.69) is 4.90 Å². The monoisotopic (exact) mass is 281 g/mol. The molecule has 0 bridgehead atoms. The molecule has 3 nitrogen and oxygen atoms in total. The van der Waals surface area contributed by atoms with Gasteiger partial charge in [-0.2, -0.15) is 11.8 Å². The van der Waals surface area contributed by atoms with Crippen molar-refractivity contribution in [3.63, 3.8) is 0 Å². The van der Waals surface area contributed by atoms with E-state index >= 15 is 0 Å². The predicted molar refractivity (Wildman–Crippen MR) is 77.2 cm³/mol. The molecule has 0 aliphatic carbocycles. The van der Waals surface area contributed by atoms with Crippen LogP contribution in [-0.2, 0) is 4.79 Å². The van der Waals surface area contributed by atoms with Crippen molar-refractivity contribution in [3.05, 3.63) is 35.7 Å². The van der Waals surface area contributed by atoms with Crippen molar-refractivity contribution in [2.75, 3.05) is 23.5 Å². The normalized spacial score (nSPS) is 18.9. The van der Waals surface area contributed by atoms with Crippen molar-refractivity contribution >= 4 is 29.5 Å². The fraction of sp³-hybridized carbons (Fsp3) is 0.357. The minimum absolute atomic E-state index is 0.347. The third-order valence-electron chi connectivity index (χ3n) is 3.18. The van der Waals surface area contributed by atoms with Crippen LogP contribution >= 0.6 is 11.8 Å². The third-order valence-corrected chi connectivity index (χ3v) is 4.33. The average molecular weight is 281 g/mol. The molecule has 1 N–H and O–H groups in total. The van der Waals surface area contributed by atoms with Crippen LogP contribution < -0.4 is 4.90 Å². The minimum atomic E-state index is -1.04. The van der Waals surface area contributed by atoms with Crippen molar-refractivity contribution in [1.82, 2.24) is 0 Å². The first-order chi connectivity index (χ1) is 9.06. The summed E-state index contributed by atoms with van der Waals surface area (Å²) < 4.78 is 13.6. The largest absolute Gasteiger partial charge is 0.478 e. The van der Waals surface area contributed by atoms with E-state index in [1.54, 1.807) is 0 Å². The molecule has 1 aromatic carbocycles. The lowest BCUT2D eigenvalue weighted by Crippen LogP contribution is -2.31. The van der Waals surface area contributed by atoms with Crippen LogP contribution in [0.25, 0.3) is 6.08 Å². The zero-order chi connectivity index (χ0) is 13.8. The number of hydrogen-bond donors (Lipinski definition) is 1. The van der Waals surface area contributed by atoms with Crippen LogP contribution in [0.4, 0.5) is 10.1 Å². The van der Waals surface area contributed by atoms with Crippen molar-refractivity contribution in [2.45, 2.75) is 12.5 Å². The van der Waals surface area contributed by atoms with Gasteiger partial charge in [0.1, 0.15) is 5.82 Å². The van der Waals surface area contributed by atoms with Gasteiger partial charge >= 0.3 is 5.97 Å². The summed E-state index contributed by atoms with van der Waals surface area (Å²) in [4.78, 5) is 12.6. The number of nitrogens with zero attached hydrogens (tertiary/aromatic N) is 1. The molecular formula is C14H16FNO2S. The van der Waals surface area contributed by atoms with E-state index in [0.29, 0.717) is 11.6 Å². The highest BCUT2D eigenvalue weighted by atomic mass is 32.2. The average Bonchev–Trinajstić information content (AvgIpc) is 2.88. The Morgan fingerprint density at radius 1 is 1.53 bits per heavy atom. The van der Waals surface area contributed by atoms with E-state index < -0.39 is 5.97 Å². The highest BCUT2D eigenvalue weighted by Gasteiger charge is 2.20. The summed E-state index contributed by atoms with van der Waals surface area (Å²) in [5.41, 5.74) is 1.35. The number of hydrogen-bond acceptors (Lipinski definition) is 3. The maximum Gasteiger partial charge on any atom is 0.328 e. The van der Waals surface area contributed by atoms with Gasteiger partial charge in [0, 0.05) is 30.6 Å². The molecular weight excluding hydrogens is 265 g/mol. The highest BCUT2D eigenvalue weighted by molar-refractivity contribution is 7.99. The SMILES string of the molecule is CN(c1cc(F)cc(/C=C/C(=O)O)c1)C1CCSC1. The minimum Gasteiger partial charge on any atom is -0.478 e. The van der Waals surface area contributed by atoms with Gasteiger partial charge in [0.2, 0.25) is 0 Å². The van der Waals surface area contributed by atoms with Crippen molar-refractivity contribution < 1.29 is 14.3 Å². The Kier molecular flexibility index (Phi) is 4.47. The van der Waals surface area contributed by atoms with Crippen molar-refractivity contribution in [3.8, 4) is 0 Å². The Morgan fingerprint density at radius 2 is 2.32 bits per heavy atom. The molecule has 1 saturated heterocycles. The van der Waals surface area contributed by atoms with E-state index in [-0.39, 0.29) is 5.82 Å². The van der Waals surface area contributed by atoms with E-state index in [9.17, 15) is 9.18 Å². The van der Waals surface area contributed by atoms with E-state index in [1.165, 1.54) is 18.2 Å². The second kappa shape index (κ2) is 6.10. The Labute approximate surface area is 116 Å². The lowest BCUT2D eigenvalue weighted by atomic mass is 10.1. The van der Waals surface area contributed by atoms with Gasteiger partial charge in [-0.15, -0.1) is 0 Å². The van der Waals surface area contributed by atoms with Gasteiger partial charge in [0.05, 0.1) is 0 Å². The standard InChI is InChI=1S/C14H16FNO2S/c1-16(12-4-5-19-9-12)13-7-10(2-3-14(17)18)6-11(15)8-13/h2-3,6-8,12H,4-5,9H2,1H3,(H,17,18)/b3-2+. The lowest BCUT2D eigenvalue weighted by Gasteiger charge is -2.26. The Hall–Kier alpha value is -1.49. The summed E-state index contributed by atoms with van der Waals surface area (Å²) >= 11 is 1.90. The number of carbonyl (C=O) groups is 1. The number of aliphatic carboxylic acids is 1. The molecule has 1 aliphatic rings. The van der Waals surface area contributed by atoms with Crippen molar-refractivity contribution in [2.24, 2.45) is 0 Å².